The Labute approximate surface area is 96.7 Å². The van der Waals surface area contributed by atoms with Crippen LogP contribution in [0.5, 0.6) is 5.75 Å². The molecule has 0 aliphatic carbocycles. The second-order valence-corrected chi connectivity index (χ2v) is 3.95. The third-order valence-corrected chi connectivity index (χ3v) is 2.27. The van der Waals surface area contributed by atoms with Crippen LogP contribution in [0.4, 0.5) is 0 Å². The highest BCUT2D eigenvalue weighted by Crippen LogP contribution is 2.29. The molecule has 0 fully saturated rings. The minimum atomic E-state index is 0.179. The van der Waals surface area contributed by atoms with Gasteiger partial charge in [-0.15, -0.1) is 0 Å². The quantitative estimate of drug-likeness (QED) is 0.747. The van der Waals surface area contributed by atoms with E-state index in [1.165, 1.54) is 5.56 Å². The van der Waals surface area contributed by atoms with Crippen molar-refractivity contribution in [1.82, 2.24) is 0 Å². The van der Waals surface area contributed by atoms with Gasteiger partial charge in [-0.2, -0.15) is 0 Å². The van der Waals surface area contributed by atoms with E-state index in [9.17, 15) is 0 Å². The Hall–Kier alpha value is -1.76. The Bertz CT molecular complexity index is 446. The van der Waals surface area contributed by atoms with Crippen LogP contribution in [0.15, 0.2) is 48.5 Å². The predicted molar refractivity (Wildman–Crippen MR) is 66.5 cm³/mol. The van der Waals surface area contributed by atoms with E-state index >= 15 is 0 Å². The molecule has 1 radical (unpaired) electrons. The van der Waals surface area contributed by atoms with Crippen molar-refractivity contribution in [2.75, 3.05) is 0 Å². The fourth-order valence-corrected chi connectivity index (χ4v) is 1.62. The van der Waals surface area contributed by atoms with Crippen LogP contribution in [-0.2, 0) is 0 Å². The zero-order valence-corrected chi connectivity index (χ0v) is 9.60. The number of hydrogen-bond donors (Lipinski definition) is 0. The number of rotatable bonds is 3. The third kappa shape index (κ3) is 2.43. The van der Waals surface area contributed by atoms with E-state index in [2.05, 4.69) is 18.2 Å². The van der Waals surface area contributed by atoms with Crippen molar-refractivity contribution >= 4 is 0 Å². The fourth-order valence-electron chi connectivity index (χ4n) is 1.62. The van der Waals surface area contributed by atoms with E-state index in [1.54, 1.807) is 0 Å². The Morgan fingerprint density at radius 3 is 2.50 bits per heavy atom. The minimum absolute atomic E-state index is 0.179. The lowest BCUT2D eigenvalue weighted by Gasteiger charge is -2.13. The molecule has 2 aromatic rings. The zero-order chi connectivity index (χ0) is 11.4. The Morgan fingerprint density at radius 1 is 1.06 bits per heavy atom. The van der Waals surface area contributed by atoms with Crippen LogP contribution in [0.1, 0.15) is 13.8 Å². The van der Waals surface area contributed by atoms with Gasteiger partial charge in [-0.3, -0.25) is 0 Å². The van der Waals surface area contributed by atoms with Crippen molar-refractivity contribution in [3.63, 3.8) is 0 Å². The van der Waals surface area contributed by atoms with E-state index in [1.807, 2.05) is 50.2 Å². The first-order chi connectivity index (χ1) is 7.77. The molecular weight excluding hydrogens is 196 g/mol. The standard InChI is InChI=1S/C15H15O/c1-12(2)16-15-11-7-6-10-14(15)13-8-4-3-5-9-13/h3-6,8-12H,1-2H3. The minimum Gasteiger partial charge on any atom is -0.490 e. The maximum absolute atomic E-state index is 5.77. The highest BCUT2D eigenvalue weighted by atomic mass is 16.5. The van der Waals surface area contributed by atoms with Crippen molar-refractivity contribution in [2.24, 2.45) is 0 Å². The van der Waals surface area contributed by atoms with Gasteiger partial charge in [-0.05, 0) is 31.5 Å². The van der Waals surface area contributed by atoms with E-state index in [0.717, 1.165) is 11.3 Å². The van der Waals surface area contributed by atoms with Crippen LogP contribution in [0.2, 0.25) is 0 Å². The largest absolute Gasteiger partial charge is 0.490 e. The number of benzene rings is 2. The van der Waals surface area contributed by atoms with Crippen molar-refractivity contribution < 1.29 is 4.74 Å². The Morgan fingerprint density at radius 2 is 1.81 bits per heavy atom. The van der Waals surface area contributed by atoms with Crippen molar-refractivity contribution in [3.05, 3.63) is 54.6 Å². The van der Waals surface area contributed by atoms with Crippen LogP contribution in [0.3, 0.4) is 0 Å². The molecule has 0 atom stereocenters. The van der Waals surface area contributed by atoms with Gasteiger partial charge in [0.15, 0.2) is 0 Å². The summed E-state index contributed by atoms with van der Waals surface area (Å²) >= 11 is 0. The third-order valence-electron chi connectivity index (χ3n) is 2.27. The summed E-state index contributed by atoms with van der Waals surface area (Å²) < 4.78 is 5.77. The maximum atomic E-state index is 5.77. The molecule has 16 heavy (non-hydrogen) atoms. The summed E-state index contributed by atoms with van der Waals surface area (Å²) in [5.74, 6) is 0.892. The van der Waals surface area contributed by atoms with E-state index in [-0.39, 0.29) is 6.10 Å². The molecule has 0 unspecified atom stereocenters. The zero-order valence-electron chi connectivity index (χ0n) is 9.60. The molecule has 0 aromatic heterocycles. The molecule has 2 aromatic carbocycles. The van der Waals surface area contributed by atoms with E-state index in [0.29, 0.717) is 0 Å². The Balaban J connectivity index is 2.41. The lowest BCUT2D eigenvalue weighted by molar-refractivity contribution is 0.243. The van der Waals surface area contributed by atoms with Crippen LogP contribution in [-0.4, -0.2) is 6.10 Å². The highest BCUT2D eigenvalue weighted by Gasteiger charge is 2.06. The van der Waals surface area contributed by atoms with Gasteiger partial charge in [0.05, 0.1) is 6.10 Å². The van der Waals surface area contributed by atoms with Gasteiger partial charge in [-0.25, -0.2) is 0 Å². The maximum Gasteiger partial charge on any atom is 0.128 e. The summed E-state index contributed by atoms with van der Waals surface area (Å²) in [6, 6.07) is 19.1. The van der Waals surface area contributed by atoms with Crippen LogP contribution >= 0.6 is 0 Å². The van der Waals surface area contributed by atoms with Crippen LogP contribution in [0, 0.1) is 6.07 Å². The van der Waals surface area contributed by atoms with Crippen molar-refractivity contribution in [1.29, 1.82) is 0 Å². The van der Waals surface area contributed by atoms with Crippen LogP contribution in [0.25, 0.3) is 11.1 Å². The first-order valence-corrected chi connectivity index (χ1v) is 5.49. The predicted octanol–water partition coefficient (Wildman–Crippen LogP) is 3.94. The number of hydrogen-bond acceptors (Lipinski definition) is 1. The Kier molecular flexibility index (Phi) is 3.25. The molecule has 0 aliphatic heterocycles. The molecule has 0 aliphatic rings. The molecule has 2 rings (SSSR count). The average Bonchev–Trinajstić information content (AvgIpc) is 2.30. The smallest absolute Gasteiger partial charge is 0.128 e. The number of ether oxygens (including phenoxy) is 1. The lowest BCUT2D eigenvalue weighted by Crippen LogP contribution is -2.06. The second-order valence-electron chi connectivity index (χ2n) is 3.95. The molecule has 0 heterocycles. The molecule has 1 nitrogen and oxygen atoms in total. The first kappa shape index (κ1) is 10.7. The average molecular weight is 211 g/mol. The SMILES string of the molecule is CC(C)Oc1c[c]ccc1-c1ccccc1. The second kappa shape index (κ2) is 4.84. The molecule has 81 valence electrons. The molecule has 0 saturated carbocycles. The molecule has 0 N–H and O–H groups in total. The molecule has 0 bridgehead atoms. The molecule has 0 amide bonds. The molecular formula is C15H15O. The molecule has 0 spiro atoms. The molecule has 1 heteroatoms. The van der Waals surface area contributed by atoms with E-state index < -0.39 is 0 Å². The first-order valence-electron chi connectivity index (χ1n) is 5.49. The summed E-state index contributed by atoms with van der Waals surface area (Å²) in [4.78, 5) is 0. The highest BCUT2D eigenvalue weighted by molar-refractivity contribution is 5.70. The summed E-state index contributed by atoms with van der Waals surface area (Å²) in [6.45, 7) is 4.06. The van der Waals surface area contributed by atoms with Crippen molar-refractivity contribution in [3.8, 4) is 16.9 Å². The van der Waals surface area contributed by atoms with Gasteiger partial charge in [-0.1, -0.05) is 42.5 Å². The van der Waals surface area contributed by atoms with Gasteiger partial charge < -0.3 is 4.74 Å². The summed E-state index contributed by atoms with van der Waals surface area (Å²) in [6.07, 6.45) is 0.179. The summed E-state index contributed by atoms with van der Waals surface area (Å²) in [7, 11) is 0. The van der Waals surface area contributed by atoms with Crippen molar-refractivity contribution in [2.45, 2.75) is 20.0 Å². The van der Waals surface area contributed by atoms with Gasteiger partial charge >= 0.3 is 0 Å². The summed E-state index contributed by atoms with van der Waals surface area (Å²) in [5.41, 5.74) is 2.29. The monoisotopic (exact) mass is 211 g/mol. The fraction of sp³-hybridized carbons (Fsp3) is 0.200. The van der Waals surface area contributed by atoms with Gasteiger partial charge in [0.25, 0.3) is 0 Å². The van der Waals surface area contributed by atoms with Crippen LogP contribution < -0.4 is 4.74 Å². The van der Waals surface area contributed by atoms with Gasteiger partial charge in [0, 0.05) is 5.56 Å². The van der Waals surface area contributed by atoms with Gasteiger partial charge in [0.1, 0.15) is 5.75 Å². The topological polar surface area (TPSA) is 9.23 Å². The normalized spacial score (nSPS) is 10.4. The van der Waals surface area contributed by atoms with E-state index in [4.69, 9.17) is 4.74 Å². The lowest BCUT2D eigenvalue weighted by atomic mass is 10.0. The molecule has 0 saturated heterocycles. The van der Waals surface area contributed by atoms with Gasteiger partial charge in [0.2, 0.25) is 0 Å². The summed E-state index contributed by atoms with van der Waals surface area (Å²) in [5, 5.41) is 0.